The lowest BCUT2D eigenvalue weighted by atomic mass is 10.2. The maximum atomic E-state index is 13.9. The lowest BCUT2D eigenvalue weighted by molar-refractivity contribution is 0.355. The average molecular weight is 337 g/mol. The molecule has 0 atom stereocenters. The summed E-state index contributed by atoms with van der Waals surface area (Å²) in [4.78, 5) is 1.68. The van der Waals surface area contributed by atoms with E-state index >= 15 is 0 Å². The highest BCUT2D eigenvalue weighted by atomic mass is 35.5. The van der Waals surface area contributed by atoms with Crippen LogP contribution < -0.4 is 0 Å². The molecular weight excluding hydrogens is 315 g/mol. The number of hydrogen-bond donors (Lipinski definition) is 0. The molecule has 0 saturated heterocycles. The third-order valence-electron chi connectivity index (χ3n) is 3.13. The molecule has 0 unspecified atom stereocenters. The zero-order valence-corrected chi connectivity index (χ0v) is 14.2. The van der Waals surface area contributed by atoms with Crippen LogP contribution in [0.5, 0.6) is 0 Å². The van der Waals surface area contributed by atoms with Gasteiger partial charge in [0.25, 0.3) is 0 Å². The predicted molar refractivity (Wildman–Crippen MR) is 83.6 cm³/mol. The highest BCUT2D eigenvalue weighted by Crippen LogP contribution is 2.21. The minimum atomic E-state index is -3.83. The largest absolute Gasteiger partial charge is 0.309 e. The van der Waals surface area contributed by atoms with Gasteiger partial charge in [0.05, 0.1) is 0 Å². The van der Waals surface area contributed by atoms with Crippen LogP contribution in [-0.2, 0) is 15.9 Å². The summed E-state index contributed by atoms with van der Waals surface area (Å²) in [5, 5.41) is 0. The number of sulfonamides is 1. The summed E-state index contributed by atoms with van der Waals surface area (Å²) < 4.78 is 40.3. The predicted octanol–water partition coefficient (Wildman–Crippen LogP) is 2.53. The zero-order valence-electron chi connectivity index (χ0n) is 12.6. The molecule has 0 aliphatic carbocycles. The Morgan fingerprint density at radius 2 is 1.90 bits per heavy atom. The second-order valence-corrected chi connectivity index (χ2v) is 7.23. The van der Waals surface area contributed by atoms with Crippen LogP contribution in [0.4, 0.5) is 4.39 Å². The van der Waals surface area contributed by atoms with Crippen LogP contribution >= 0.6 is 11.6 Å². The van der Waals surface area contributed by atoms with Crippen molar-refractivity contribution in [2.24, 2.45) is 0 Å². The van der Waals surface area contributed by atoms with Crippen LogP contribution in [-0.4, -0.2) is 51.4 Å². The van der Waals surface area contributed by atoms with E-state index in [1.807, 2.05) is 19.0 Å². The number of halogens is 2. The Hall–Kier alpha value is -0.690. The normalized spacial score (nSPS) is 12.3. The van der Waals surface area contributed by atoms with Gasteiger partial charge in [-0.05, 0) is 44.8 Å². The Kier molecular flexibility index (Phi) is 7.06. The minimum Gasteiger partial charge on any atom is -0.309 e. The van der Waals surface area contributed by atoms with Gasteiger partial charge in [-0.25, -0.2) is 12.8 Å². The maximum Gasteiger partial charge on any atom is 0.245 e. The monoisotopic (exact) mass is 336 g/mol. The third kappa shape index (κ3) is 4.92. The molecule has 1 rings (SSSR count). The van der Waals surface area contributed by atoms with Crippen LogP contribution in [0.15, 0.2) is 23.1 Å². The van der Waals surface area contributed by atoms with E-state index in [0.29, 0.717) is 25.1 Å². The fraction of sp³-hybridized carbons (Fsp3) is 0.571. The molecule has 0 amide bonds. The van der Waals surface area contributed by atoms with E-state index < -0.39 is 15.8 Å². The molecule has 0 N–H and O–H groups in total. The highest BCUT2D eigenvalue weighted by Gasteiger charge is 2.26. The van der Waals surface area contributed by atoms with Gasteiger partial charge in [-0.15, -0.1) is 11.6 Å². The van der Waals surface area contributed by atoms with Crippen LogP contribution in [0.25, 0.3) is 0 Å². The molecule has 1 aromatic carbocycles. The second kappa shape index (κ2) is 8.08. The fourth-order valence-electron chi connectivity index (χ4n) is 1.98. The number of hydrogen-bond acceptors (Lipinski definition) is 3. The second-order valence-electron chi connectivity index (χ2n) is 5.05. The van der Waals surface area contributed by atoms with Gasteiger partial charge in [-0.3, -0.25) is 0 Å². The van der Waals surface area contributed by atoms with E-state index in [-0.39, 0.29) is 10.8 Å². The Labute approximate surface area is 131 Å². The molecule has 7 heteroatoms. The molecule has 4 nitrogen and oxygen atoms in total. The van der Waals surface area contributed by atoms with E-state index in [9.17, 15) is 12.8 Å². The van der Waals surface area contributed by atoms with Crippen LogP contribution in [0, 0.1) is 5.82 Å². The van der Waals surface area contributed by atoms with Gasteiger partial charge < -0.3 is 4.90 Å². The molecule has 0 spiro atoms. The number of benzene rings is 1. The Balaban J connectivity index is 3.01. The summed E-state index contributed by atoms with van der Waals surface area (Å²) in [5.41, 5.74) is 0.584. The van der Waals surface area contributed by atoms with Crippen LogP contribution in [0.1, 0.15) is 18.9 Å². The summed E-state index contributed by atoms with van der Waals surface area (Å²) in [7, 11) is 0.0188. The molecular formula is C14H22ClFN2O2S. The van der Waals surface area contributed by atoms with Gasteiger partial charge in [0.2, 0.25) is 10.0 Å². The Morgan fingerprint density at radius 3 is 2.43 bits per heavy atom. The molecule has 0 fully saturated rings. The van der Waals surface area contributed by atoms with Crippen molar-refractivity contribution in [2.45, 2.75) is 24.1 Å². The molecule has 0 aliphatic rings. The van der Waals surface area contributed by atoms with Gasteiger partial charge in [-0.2, -0.15) is 4.31 Å². The van der Waals surface area contributed by atoms with E-state index in [0.717, 1.165) is 12.6 Å². The summed E-state index contributed by atoms with van der Waals surface area (Å²) in [6, 6.07) is 3.95. The van der Waals surface area contributed by atoms with Gasteiger partial charge in [0.1, 0.15) is 10.7 Å². The molecule has 120 valence electrons. The summed E-state index contributed by atoms with van der Waals surface area (Å²) in [6.07, 6.45) is 0.691. The van der Waals surface area contributed by atoms with E-state index in [1.165, 1.54) is 16.4 Å². The lowest BCUT2D eigenvalue weighted by Crippen LogP contribution is -2.33. The first kappa shape index (κ1) is 18.4. The highest BCUT2D eigenvalue weighted by molar-refractivity contribution is 7.89. The topological polar surface area (TPSA) is 40.6 Å². The van der Waals surface area contributed by atoms with Crippen molar-refractivity contribution < 1.29 is 12.8 Å². The molecule has 0 aliphatic heterocycles. The zero-order chi connectivity index (χ0) is 16.0. The molecule has 0 heterocycles. The number of rotatable bonds is 8. The molecule has 0 radical (unpaired) electrons. The molecule has 21 heavy (non-hydrogen) atoms. The van der Waals surface area contributed by atoms with Crippen molar-refractivity contribution >= 4 is 21.6 Å². The first-order valence-electron chi connectivity index (χ1n) is 6.82. The first-order chi connectivity index (χ1) is 9.82. The van der Waals surface area contributed by atoms with E-state index in [2.05, 4.69) is 0 Å². The smallest absolute Gasteiger partial charge is 0.245 e. The summed E-state index contributed by atoms with van der Waals surface area (Å²) in [6.45, 7) is 3.19. The van der Waals surface area contributed by atoms with Crippen LogP contribution in [0.2, 0.25) is 0 Å². The van der Waals surface area contributed by atoms with Crippen molar-refractivity contribution in [3.63, 3.8) is 0 Å². The SMILES string of the molecule is CCN(CCCN(C)C)S(=O)(=O)c1cc(CCl)ccc1F. The Bertz CT molecular complexity index is 564. The fourth-order valence-corrected chi connectivity index (χ4v) is 3.75. The average Bonchev–Trinajstić information content (AvgIpc) is 2.43. The van der Waals surface area contributed by atoms with Crippen molar-refractivity contribution in [1.29, 1.82) is 0 Å². The van der Waals surface area contributed by atoms with Crippen molar-refractivity contribution in [2.75, 3.05) is 33.7 Å². The molecule has 0 aromatic heterocycles. The number of alkyl halides is 1. The molecule has 1 aromatic rings. The van der Waals surface area contributed by atoms with Gasteiger partial charge >= 0.3 is 0 Å². The van der Waals surface area contributed by atoms with Crippen molar-refractivity contribution in [1.82, 2.24) is 9.21 Å². The summed E-state index contributed by atoms with van der Waals surface area (Å²) >= 11 is 5.70. The van der Waals surface area contributed by atoms with Gasteiger partial charge in [0, 0.05) is 19.0 Å². The minimum absolute atomic E-state index is 0.148. The first-order valence-corrected chi connectivity index (χ1v) is 8.79. The molecule has 0 saturated carbocycles. The third-order valence-corrected chi connectivity index (χ3v) is 5.43. The standard InChI is InChI=1S/C14H22ClFN2O2S/c1-4-18(9-5-8-17(2)3)21(19,20)14-10-12(11-15)6-7-13(14)16/h6-7,10H,4-5,8-9,11H2,1-3H3. The number of nitrogens with zero attached hydrogens (tertiary/aromatic N) is 2. The summed E-state index contributed by atoms with van der Waals surface area (Å²) in [5.74, 6) is -0.592. The lowest BCUT2D eigenvalue weighted by Gasteiger charge is -2.22. The van der Waals surface area contributed by atoms with Gasteiger partial charge in [0.15, 0.2) is 0 Å². The quantitative estimate of drug-likeness (QED) is 0.685. The van der Waals surface area contributed by atoms with E-state index in [1.54, 1.807) is 6.92 Å². The van der Waals surface area contributed by atoms with E-state index in [4.69, 9.17) is 11.6 Å². The van der Waals surface area contributed by atoms with Crippen molar-refractivity contribution in [3.05, 3.63) is 29.6 Å². The van der Waals surface area contributed by atoms with Crippen LogP contribution in [0.3, 0.4) is 0 Å². The maximum absolute atomic E-state index is 13.9. The Morgan fingerprint density at radius 1 is 1.24 bits per heavy atom. The van der Waals surface area contributed by atoms with Gasteiger partial charge in [-0.1, -0.05) is 13.0 Å². The molecule has 0 bridgehead atoms. The van der Waals surface area contributed by atoms with Crippen molar-refractivity contribution in [3.8, 4) is 0 Å².